The van der Waals surface area contributed by atoms with Crippen LogP contribution in [0.2, 0.25) is 0 Å². The molecule has 10 heavy (non-hydrogen) atoms. The number of hydrogen-bond acceptors (Lipinski definition) is 1. The van der Waals surface area contributed by atoms with Gasteiger partial charge in [-0.25, -0.2) is 0 Å². The Kier molecular flexibility index (Phi) is 2.67. The fourth-order valence-corrected chi connectivity index (χ4v) is 0.362. The van der Waals surface area contributed by atoms with Gasteiger partial charge in [0, 0.05) is 0 Å². The minimum atomic E-state index is -5.70. The Labute approximate surface area is 53.7 Å². The number of halogens is 5. The maximum atomic E-state index is 11.5. The molecule has 0 aromatic heterocycles. The Morgan fingerprint density at radius 1 is 1.10 bits per heavy atom. The largest absolute Gasteiger partial charge is 0.469 e. The molecule has 0 aromatic rings. The second kappa shape index (κ2) is 2.75. The van der Waals surface area contributed by atoms with Gasteiger partial charge in [0.1, 0.15) is 0 Å². The van der Waals surface area contributed by atoms with E-state index in [9.17, 15) is 26.5 Å². The van der Waals surface area contributed by atoms with Crippen LogP contribution in [0.5, 0.6) is 0 Å². The lowest BCUT2D eigenvalue weighted by Gasteiger charge is -2.15. The highest BCUT2D eigenvalue weighted by molar-refractivity contribution is 7.21. The van der Waals surface area contributed by atoms with Crippen LogP contribution in [0, 0.1) is 0 Å². The molecule has 0 aliphatic rings. The van der Waals surface area contributed by atoms with Crippen LogP contribution < -0.4 is 5.09 Å². The van der Waals surface area contributed by atoms with Gasteiger partial charge in [0.15, 0.2) is 0 Å². The summed E-state index contributed by atoms with van der Waals surface area (Å²) in [4.78, 5) is 0. The maximum Gasteiger partial charge on any atom is 0.469 e. The summed E-state index contributed by atoms with van der Waals surface area (Å²) >= 11 is 0. The second-order valence-corrected chi connectivity index (χ2v) is 1.68. The monoisotopic (exact) mass is 181 g/mol. The van der Waals surface area contributed by atoms with Gasteiger partial charge in [-0.05, 0) is 0 Å². The van der Waals surface area contributed by atoms with Gasteiger partial charge < -0.3 is 0 Å². The van der Waals surface area contributed by atoms with Crippen molar-refractivity contribution in [2.75, 3.05) is 0 Å². The zero-order chi connectivity index (χ0) is 8.41. The van der Waals surface area contributed by atoms with E-state index in [0.29, 0.717) is 5.09 Å². The summed E-state index contributed by atoms with van der Waals surface area (Å²) in [5, 5.41) is 0.420. The van der Waals surface area contributed by atoms with Crippen molar-refractivity contribution in [3.8, 4) is 0 Å². The molecule has 0 amide bonds. The van der Waals surface area contributed by atoms with E-state index in [1.807, 2.05) is 0 Å². The van der Waals surface area contributed by atoms with E-state index in [-0.39, 0.29) is 0 Å². The van der Waals surface area contributed by atoms with E-state index in [2.05, 4.69) is 0 Å². The van der Waals surface area contributed by atoms with Crippen molar-refractivity contribution >= 4 is 8.61 Å². The zero-order valence-corrected chi connectivity index (χ0v) is 5.14. The van der Waals surface area contributed by atoms with Crippen molar-refractivity contribution in [2.45, 2.75) is 12.2 Å². The molecule has 0 unspecified atom stereocenters. The summed E-state index contributed by atoms with van der Waals surface area (Å²) in [5.74, 6) is 0. The van der Waals surface area contributed by atoms with Crippen molar-refractivity contribution in [1.29, 1.82) is 0 Å². The van der Waals surface area contributed by atoms with E-state index in [4.69, 9.17) is 0 Å². The second-order valence-electron chi connectivity index (χ2n) is 1.28. The van der Waals surface area contributed by atoms with Gasteiger partial charge in [-0.15, -0.1) is 0 Å². The highest BCUT2D eigenvalue weighted by Crippen LogP contribution is 2.33. The lowest BCUT2D eigenvalue weighted by Crippen LogP contribution is -2.45. The minimum absolute atomic E-state index is 0.420. The average molecular weight is 181 g/mol. The molecule has 0 spiro atoms. The van der Waals surface area contributed by atoms with Crippen LogP contribution in [0.15, 0.2) is 0 Å². The molecule has 0 aliphatic carbocycles. The highest BCUT2D eigenvalue weighted by atomic mass is 31.1. The molecular formula is C2HF5NOP. The SMILES string of the molecule is O=PNC(F)(F)C(F)(F)F. The lowest BCUT2D eigenvalue weighted by molar-refractivity contribution is -0.286. The van der Waals surface area contributed by atoms with Gasteiger partial charge in [0.2, 0.25) is 0 Å². The first kappa shape index (κ1) is 9.71. The Morgan fingerprint density at radius 2 is 1.50 bits per heavy atom. The third kappa shape index (κ3) is 2.15. The van der Waals surface area contributed by atoms with Gasteiger partial charge >= 0.3 is 12.2 Å². The Balaban J connectivity index is 4.23. The van der Waals surface area contributed by atoms with Crippen LogP contribution in [-0.2, 0) is 4.57 Å². The van der Waals surface area contributed by atoms with E-state index >= 15 is 0 Å². The molecule has 8 heteroatoms. The molecule has 0 fully saturated rings. The van der Waals surface area contributed by atoms with Crippen molar-refractivity contribution in [1.82, 2.24) is 5.09 Å². The van der Waals surface area contributed by atoms with Crippen LogP contribution in [0.25, 0.3) is 0 Å². The van der Waals surface area contributed by atoms with Crippen molar-refractivity contribution in [3.05, 3.63) is 0 Å². The first-order chi connectivity index (χ1) is 4.31. The molecule has 60 valence electrons. The molecule has 0 saturated heterocycles. The molecule has 1 N–H and O–H groups in total. The van der Waals surface area contributed by atoms with Gasteiger partial charge in [-0.3, -0.25) is 4.57 Å². The number of hydrogen-bond donors (Lipinski definition) is 1. The van der Waals surface area contributed by atoms with Crippen LogP contribution in [0.1, 0.15) is 0 Å². The standard InChI is InChI=1S/C2HF5NOP/c3-1(4,5)2(6,7)8-10-9/h(H,8,9). The maximum absolute atomic E-state index is 11.5. The fraction of sp³-hybridized carbons (Fsp3) is 1.00. The predicted octanol–water partition coefficient (Wildman–Crippen LogP) is 1.94. The van der Waals surface area contributed by atoms with E-state index in [1.54, 1.807) is 0 Å². The quantitative estimate of drug-likeness (QED) is 0.400. The average Bonchev–Trinajstić information content (AvgIpc) is 1.61. The molecule has 0 aliphatic heterocycles. The molecule has 0 rings (SSSR count). The summed E-state index contributed by atoms with van der Waals surface area (Å²) in [6, 6.07) is -5.09. The van der Waals surface area contributed by atoms with Gasteiger partial charge in [0.05, 0.1) is 0 Å². The first-order valence-corrected chi connectivity index (χ1v) is 2.66. The van der Waals surface area contributed by atoms with Crippen molar-refractivity contribution < 1.29 is 26.5 Å². The smallest absolute Gasteiger partial charge is 0.256 e. The summed E-state index contributed by atoms with van der Waals surface area (Å²) in [7, 11) is -1.46. The van der Waals surface area contributed by atoms with Crippen LogP contribution in [0.4, 0.5) is 22.0 Å². The van der Waals surface area contributed by atoms with Gasteiger partial charge in [-0.1, -0.05) is 0 Å². The Hall–Kier alpha value is -0.290. The molecule has 0 heterocycles. The topological polar surface area (TPSA) is 29.1 Å². The van der Waals surface area contributed by atoms with Gasteiger partial charge in [0.25, 0.3) is 8.61 Å². The summed E-state index contributed by atoms with van der Waals surface area (Å²) < 4.78 is 65.4. The van der Waals surface area contributed by atoms with E-state index in [1.165, 1.54) is 0 Å². The molecule has 0 bridgehead atoms. The summed E-state index contributed by atoms with van der Waals surface area (Å²) in [6.45, 7) is 0. The van der Waals surface area contributed by atoms with Crippen molar-refractivity contribution in [2.24, 2.45) is 0 Å². The first-order valence-electron chi connectivity index (χ1n) is 1.85. The fourth-order valence-electron chi connectivity index (χ4n) is 0.121. The third-order valence-electron chi connectivity index (χ3n) is 0.542. The highest BCUT2D eigenvalue weighted by Gasteiger charge is 2.57. The zero-order valence-electron chi connectivity index (χ0n) is 4.25. The Bertz CT molecular complexity index is 132. The van der Waals surface area contributed by atoms with Gasteiger partial charge in [-0.2, -0.15) is 27.0 Å². The molecule has 0 radical (unpaired) electrons. The molecule has 0 aromatic carbocycles. The van der Waals surface area contributed by atoms with Crippen molar-refractivity contribution in [3.63, 3.8) is 0 Å². The third-order valence-corrected chi connectivity index (χ3v) is 0.914. The van der Waals surface area contributed by atoms with E-state index < -0.39 is 20.8 Å². The molecule has 0 atom stereocenters. The summed E-state index contributed by atoms with van der Waals surface area (Å²) in [6.07, 6.45) is -5.70. The Morgan fingerprint density at radius 3 is 1.60 bits per heavy atom. The van der Waals surface area contributed by atoms with Crippen LogP contribution in [-0.4, -0.2) is 12.2 Å². The molecular weight excluding hydrogens is 180 g/mol. The summed E-state index contributed by atoms with van der Waals surface area (Å²) in [5.41, 5.74) is 0. The minimum Gasteiger partial charge on any atom is -0.256 e. The lowest BCUT2D eigenvalue weighted by atomic mass is 10.6. The van der Waals surface area contributed by atoms with Crippen LogP contribution >= 0.6 is 8.61 Å². The predicted molar refractivity (Wildman–Crippen MR) is 21.7 cm³/mol. The van der Waals surface area contributed by atoms with Crippen LogP contribution in [0.3, 0.4) is 0 Å². The normalized spacial score (nSPS) is 14.1. The number of rotatable bonds is 2. The number of nitrogens with one attached hydrogen (secondary N) is 1. The van der Waals surface area contributed by atoms with E-state index in [0.717, 1.165) is 0 Å². The molecule has 2 nitrogen and oxygen atoms in total. The molecule has 0 saturated carbocycles. The number of alkyl halides is 5.